The molecule has 4 fully saturated rings. The van der Waals surface area contributed by atoms with E-state index in [0.717, 1.165) is 64.7 Å². The number of aliphatic hydroxyl groups excluding tert-OH is 2. The van der Waals surface area contributed by atoms with Crippen molar-refractivity contribution in [2.75, 3.05) is 0 Å². The molecule has 0 aliphatic heterocycles. The van der Waals surface area contributed by atoms with Gasteiger partial charge in [0.25, 0.3) is 5.56 Å². The predicted molar refractivity (Wildman–Crippen MR) is 147 cm³/mol. The number of aliphatic hydroxyl groups is 2. The molecule has 6 rings (SSSR count). The fraction of sp³-hybridized carbons (Fsp3) is 0.750. The second-order valence-corrected chi connectivity index (χ2v) is 14.3. The van der Waals surface area contributed by atoms with E-state index in [2.05, 4.69) is 30.7 Å². The van der Waals surface area contributed by atoms with Crippen molar-refractivity contribution >= 4 is 10.9 Å². The lowest BCUT2D eigenvalue weighted by atomic mass is 9.43. The SMILES string of the molecule is Cc1c(F)c(F)c2c(=O)[nH]c(CC[C@@H](C)[C@H]3CC[C@H]4[C@H]5C(CC[C@]34C)[C@@]3(C)CC[C@@H](O)C[C@H]3C[C@H]5O)nc2c1F. The maximum atomic E-state index is 14.7. The Morgan fingerprint density at radius 2 is 1.68 bits per heavy atom. The Morgan fingerprint density at radius 3 is 2.42 bits per heavy atom. The second-order valence-electron chi connectivity index (χ2n) is 14.3. The van der Waals surface area contributed by atoms with Gasteiger partial charge in [0, 0.05) is 12.0 Å². The summed E-state index contributed by atoms with van der Waals surface area (Å²) in [5.41, 5.74) is -1.44. The molecule has 1 aromatic heterocycles. The van der Waals surface area contributed by atoms with Gasteiger partial charge in [-0.1, -0.05) is 20.8 Å². The second kappa shape index (κ2) is 9.82. The highest BCUT2D eigenvalue weighted by Crippen LogP contribution is 2.68. The molecule has 0 amide bonds. The first-order chi connectivity index (χ1) is 18.9. The Labute approximate surface area is 234 Å². The van der Waals surface area contributed by atoms with Crippen molar-refractivity contribution in [2.45, 2.75) is 104 Å². The molecule has 2 aromatic rings. The van der Waals surface area contributed by atoms with Gasteiger partial charge in [0.2, 0.25) is 0 Å². The molecule has 0 spiro atoms. The summed E-state index contributed by atoms with van der Waals surface area (Å²) in [6, 6.07) is 0. The zero-order chi connectivity index (χ0) is 28.7. The van der Waals surface area contributed by atoms with E-state index in [4.69, 9.17) is 0 Å². The summed E-state index contributed by atoms with van der Waals surface area (Å²) in [5, 5.41) is 21.1. The smallest absolute Gasteiger partial charge is 0.261 e. The Balaban J connectivity index is 1.20. The van der Waals surface area contributed by atoms with Crippen LogP contribution in [0, 0.1) is 70.7 Å². The van der Waals surface area contributed by atoms with E-state index in [1.165, 1.54) is 0 Å². The van der Waals surface area contributed by atoms with Gasteiger partial charge in [0.1, 0.15) is 16.7 Å². The Morgan fingerprint density at radius 1 is 0.975 bits per heavy atom. The zero-order valence-corrected chi connectivity index (χ0v) is 24.1. The quantitative estimate of drug-likeness (QED) is 0.388. The molecule has 4 aliphatic carbocycles. The number of rotatable bonds is 4. The van der Waals surface area contributed by atoms with Crippen molar-refractivity contribution in [3.05, 3.63) is 39.2 Å². The van der Waals surface area contributed by atoms with Crippen LogP contribution in [0.3, 0.4) is 0 Å². The summed E-state index contributed by atoms with van der Waals surface area (Å²) in [7, 11) is 0. The van der Waals surface area contributed by atoms with Gasteiger partial charge in [0.15, 0.2) is 17.5 Å². The molecule has 1 unspecified atom stereocenters. The molecule has 8 heteroatoms. The standard InChI is InChI=1S/C32H43F3N2O3/c1-15(5-8-23-36-29-25(30(40)37-23)28(35)26(33)16(2)27(29)34)19-6-7-20-24-21(10-12-32(19,20)4)31(3)11-9-18(38)13-17(31)14-22(24)39/h15,17-22,24,38-39H,5-14H2,1-4H3,(H,36,37,40)/t15-,17+,18-,19-,20+,21?,22-,24+,31+,32-/m1/s1. The molecule has 220 valence electrons. The van der Waals surface area contributed by atoms with Crippen LogP contribution < -0.4 is 5.56 Å². The van der Waals surface area contributed by atoms with Gasteiger partial charge >= 0.3 is 0 Å². The van der Waals surface area contributed by atoms with E-state index in [-0.39, 0.29) is 23.0 Å². The van der Waals surface area contributed by atoms with Crippen LogP contribution in [-0.4, -0.2) is 32.4 Å². The van der Waals surface area contributed by atoms with E-state index in [1.807, 2.05) is 0 Å². The number of H-pyrrole nitrogens is 1. The number of benzene rings is 1. The maximum absolute atomic E-state index is 14.7. The number of halogens is 3. The van der Waals surface area contributed by atoms with Crippen molar-refractivity contribution in [1.29, 1.82) is 0 Å². The van der Waals surface area contributed by atoms with E-state index in [9.17, 15) is 28.2 Å². The van der Waals surface area contributed by atoms with Crippen LogP contribution in [0.4, 0.5) is 13.2 Å². The summed E-state index contributed by atoms with van der Waals surface area (Å²) in [6.07, 6.45) is 8.56. The van der Waals surface area contributed by atoms with Gasteiger partial charge in [-0.25, -0.2) is 18.2 Å². The predicted octanol–water partition coefficient (Wildman–Crippen LogP) is 6.21. The summed E-state index contributed by atoms with van der Waals surface area (Å²) >= 11 is 0. The minimum Gasteiger partial charge on any atom is -0.393 e. The van der Waals surface area contributed by atoms with Gasteiger partial charge in [0.05, 0.1) is 12.2 Å². The summed E-state index contributed by atoms with van der Waals surface area (Å²) in [6.45, 7) is 8.22. The Hall–Kier alpha value is -1.93. The fourth-order valence-corrected chi connectivity index (χ4v) is 10.3. The number of nitrogens with one attached hydrogen (secondary N) is 1. The Kier molecular flexibility index (Phi) is 6.93. The molecule has 4 aliphatic rings. The van der Waals surface area contributed by atoms with Gasteiger partial charge in [-0.05, 0) is 111 Å². The number of aromatic amines is 1. The molecular weight excluding hydrogens is 517 g/mol. The third-order valence-electron chi connectivity index (χ3n) is 12.5. The number of hydrogen-bond donors (Lipinski definition) is 3. The van der Waals surface area contributed by atoms with E-state index >= 15 is 0 Å². The van der Waals surface area contributed by atoms with Gasteiger partial charge < -0.3 is 15.2 Å². The molecular formula is C32H43F3N2O3. The number of aromatic nitrogens is 2. The van der Waals surface area contributed by atoms with Crippen molar-refractivity contribution in [3.8, 4) is 0 Å². The average molecular weight is 561 g/mol. The number of nitrogens with zero attached hydrogens (tertiary/aromatic N) is 1. The first-order valence-electron chi connectivity index (χ1n) is 15.3. The summed E-state index contributed by atoms with van der Waals surface area (Å²) < 4.78 is 43.2. The van der Waals surface area contributed by atoms with Crippen LogP contribution in [0.2, 0.25) is 0 Å². The lowest BCUT2D eigenvalue weighted by molar-refractivity contribution is -0.174. The summed E-state index contributed by atoms with van der Waals surface area (Å²) in [4.78, 5) is 19.4. The lowest BCUT2D eigenvalue weighted by Crippen LogP contribution is -2.58. The number of fused-ring (bicyclic) bond motifs is 6. The minimum atomic E-state index is -1.36. The van der Waals surface area contributed by atoms with Crippen molar-refractivity contribution in [2.24, 2.45) is 46.3 Å². The fourth-order valence-electron chi connectivity index (χ4n) is 10.3. The average Bonchev–Trinajstić information content (AvgIpc) is 3.27. The molecule has 3 N–H and O–H groups in total. The largest absolute Gasteiger partial charge is 0.393 e. The van der Waals surface area contributed by atoms with Crippen molar-refractivity contribution in [3.63, 3.8) is 0 Å². The molecule has 1 aromatic carbocycles. The number of aryl methyl sites for hydroxylation is 1. The third kappa shape index (κ3) is 4.10. The molecule has 10 atom stereocenters. The number of hydrogen-bond acceptors (Lipinski definition) is 4. The van der Waals surface area contributed by atoms with Crippen molar-refractivity contribution < 1.29 is 23.4 Å². The minimum absolute atomic E-state index is 0.118. The van der Waals surface area contributed by atoms with Crippen LogP contribution in [0.25, 0.3) is 10.9 Å². The highest BCUT2D eigenvalue weighted by Gasteiger charge is 2.62. The topological polar surface area (TPSA) is 86.2 Å². The summed E-state index contributed by atoms with van der Waals surface area (Å²) in [5.74, 6) is -0.993. The van der Waals surface area contributed by atoms with Crippen molar-refractivity contribution in [1.82, 2.24) is 9.97 Å². The maximum Gasteiger partial charge on any atom is 0.261 e. The molecule has 5 nitrogen and oxygen atoms in total. The van der Waals surface area contributed by atoms with E-state index in [1.54, 1.807) is 0 Å². The van der Waals surface area contributed by atoms with Crippen LogP contribution in [0.5, 0.6) is 0 Å². The first kappa shape index (κ1) is 28.2. The van der Waals surface area contributed by atoms with Crippen LogP contribution in [0.1, 0.15) is 89.9 Å². The van der Waals surface area contributed by atoms with Gasteiger partial charge in [-0.3, -0.25) is 4.79 Å². The Bertz CT molecular complexity index is 1380. The third-order valence-corrected chi connectivity index (χ3v) is 12.5. The highest BCUT2D eigenvalue weighted by atomic mass is 19.2. The van der Waals surface area contributed by atoms with E-state index in [0.29, 0.717) is 47.8 Å². The van der Waals surface area contributed by atoms with Gasteiger partial charge in [-0.2, -0.15) is 0 Å². The monoisotopic (exact) mass is 560 g/mol. The highest BCUT2D eigenvalue weighted by molar-refractivity contribution is 5.80. The molecule has 0 radical (unpaired) electrons. The molecule has 40 heavy (non-hydrogen) atoms. The molecule has 4 saturated carbocycles. The first-order valence-corrected chi connectivity index (χ1v) is 15.3. The molecule has 0 bridgehead atoms. The van der Waals surface area contributed by atoms with Crippen LogP contribution in [0.15, 0.2) is 4.79 Å². The zero-order valence-electron chi connectivity index (χ0n) is 24.1. The molecule has 1 heterocycles. The molecule has 0 saturated heterocycles. The van der Waals surface area contributed by atoms with Crippen LogP contribution in [-0.2, 0) is 6.42 Å². The lowest BCUT2D eigenvalue weighted by Gasteiger charge is -2.62. The van der Waals surface area contributed by atoms with Crippen LogP contribution >= 0.6 is 0 Å². The van der Waals surface area contributed by atoms with E-state index < -0.39 is 39.5 Å². The van der Waals surface area contributed by atoms with Gasteiger partial charge in [-0.15, -0.1) is 0 Å². The normalized spacial score (nSPS) is 40.0.